The lowest BCUT2D eigenvalue weighted by molar-refractivity contribution is 0.326. The highest BCUT2D eigenvalue weighted by Gasteiger charge is 2.18. The van der Waals surface area contributed by atoms with E-state index >= 15 is 0 Å². The Bertz CT molecular complexity index is 852. The third-order valence-electron chi connectivity index (χ3n) is 4.45. The van der Waals surface area contributed by atoms with Crippen molar-refractivity contribution in [3.8, 4) is 17.4 Å². The first-order chi connectivity index (χ1) is 15.2. The molecule has 0 aliphatic carbocycles. The molecule has 0 aliphatic rings. The minimum absolute atomic E-state index is 0.121. The molecular weight excluding hydrogens is 388 g/mol. The fourth-order valence-electron chi connectivity index (χ4n) is 3.08. The van der Waals surface area contributed by atoms with Crippen molar-refractivity contribution in [3.05, 3.63) is 77.7 Å². The van der Waals surface area contributed by atoms with Gasteiger partial charge in [-0.15, -0.1) is 0 Å². The molecule has 1 atom stereocenters. The average Bonchev–Trinajstić information content (AvgIpc) is 2.86. The summed E-state index contributed by atoms with van der Waals surface area (Å²) in [5.41, 5.74) is 3.46. The predicted octanol–water partition coefficient (Wildman–Crippen LogP) is 6.32. The van der Waals surface area contributed by atoms with Crippen molar-refractivity contribution >= 4 is 0 Å². The SMILES string of the molecule is CC.CC.CCOc1ccc(C(Cc2ccncc2)c2ccc(OC)c(OC)c2)cn1. The highest BCUT2D eigenvalue weighted by molar-refractivity contribution is 5.46. The molecule has 0 saturated heterocycles. The van der Waals surface area contributed by atoms with Crippen LogP contribution in [-0.2, 0) is 6.42 Å². The second-order valence-electron chi connectivity index (χ2n) is 6.09. The van der Waals surface area contributed by atoms with Gasteiger partial charge in [0.25, 0.3) is 0 Å². The molecule has 1 unspecified atom stereocenters. The molecule has 1 aromatic carbocycles. The lowest BCUT2D eigenvalue weighted by atomic mass is 9.87. The second-order valence-corrected chi connectivity index (χ2v) is 6.09. The van der Waals surface area contributed by atoms with E-state index in [1.165, 1.54) is 5.56 Å². The van der Waals surface area contributed by atoms with Gasteiger partial charge in [-0.05, 0) is 54.3 Å². The fourth-order valence-corrected chi connectivity index (χ4v) is 3.08. The van der Waals surface area contributed by atoms with Gasteiger partial charge in [-0.1, -0.05) is 39.8 Å². The van der Waals surface area contributed by atoms with Gasteiger partial charge < -0.3 is 14.2 Å². The number of hydrogen-bond acceptors (Lipinski definition) is 5. The second kappa shape index (κ2) is 14.8. The molecule has 5 nitrogen and oxygen atoms in total. The molecule has 0 saturated carbocycles. The Hall–Kier alpha value is -3.08. The number of methoxy groups -OCH3 is 2. The molecule has 0 amide bonds. The van der Waals surface area contributed by atoms with E-state index in [9.17, 15) is 0 Å². The zero-order valence-corrected chi connectivity index (χ0v) is 19.9. The van der Waals surface area contributed by atoms with Crippen LogP contribution in [-0.4, -0.2) is 30.8 Å². The van der Waals surface area contributed by atoms with Crippen molar-refractivity contribution in [1.82, 2.24) is 9.97 Å². The molecule has 0 fully saturated rings. The van der Waals surface area contributed by atoms with E-state index in [-0.39, 0.29) is 5.92 Å². The molecule has 168 valence electrons. The monoisotopic (exact) mass is 424 g/mol. The third-order valence-corrected chi connectivity index (χ3v) is 4.45. The van der Waals surface area contributed by atoms with Gasteiger partial charge in [0.15, 0.2) is 11.5 Å². The molecule has 2 heterocycles. The van der Waals surface area contributed by atoms with Gasteiger partial charge in [0.2, 0.25) is 5.88 Å². The maximum absolute atomic E-state index is 5.49. The molecule has 0 radical (unpaired) electrons. The lowest BCUT2D eigenvalue weighted by Crippen LogP contribution is -2.07. The van der Waals surface area contributed by atoms with Crippen molar-refractivity contribution in [3.63, 3.8) is 0 Å². The Morgan fingerprint density at radius 2 is 1.45 bits per heavy atom. The first kappa shape index (κ1) is 26.0. The van der Waals surface area contributed by atoms with Gasteiger partial charge in [0, 0.05) is 30.6 Å². The number of nitrogens with zero attached hydrogens (tertiary/aromatic N) is 2. The van der Waals surface area contributed by atoms with Gasteiger partial charge in [-0.25, -0.2) is 4.98 Å². The molecule has 0 spiro atoms. The standard InChI is InChI=1S/C22H24N2O3.2C2H6/c1-4-27-22-8-6-18(15-24-22)19(13-16-9-11-23-12-10-16)17-5-7-20(25-2)21(14-17)26-3;2*1-2/h5-12,14-15,19H,4,13H2,1-3H3;2*1-2H3. The number of benzene rings is 1. The maximum Gasteiger partial charge on any atom is 0.213 e. The first-order valence-electron chi connectivity index (χ1n) is 10.9. The number of aromatic nitrogens is 2. The van der Waals surface area contributed by atoms with Crippen LogP contribution in [0, 0.1) is 0 Å². The Kier molecular flexibility index (Phi) is 12.4. The summed E-state index contributed by atoms with van der Waals surface area (Å²) >= 11 is 0. The normalized spacial score (nSPS) is 10.5. The number of rotatable bonds is 8. The van der Waals surface area contributed by atoms with Crippen LogP contribution < -0.4 is 14.2 Å². The summed E-state index contributed by atoms with van der Waals surface area (Å²) in [5.74, 6) is 2.19. The van der Waals surface area contributed by atoms with E-state index in [1.54, 1.807) is 14.2 Å². The summed E-state index contributed by atoms with van der Waals surface area (Å²) in [5, 5.41) is 0. The van der Waals surface area contributed by atoms with Gasteiger partial charge in [-0.3, -0.25) is 4.98 Å². The topological polar surface area (TPSA) is 53.5 Å². The number of ether oxygens (including phenoxy) is 3. The molecule has 0 aliphatic heterocycles. The highest BCUT2D eigenvalue weighted by Crippen LogP contribution is 2.35. The molecule has 0 bridgehead atoms. The van der Waals surface area contributed by atoms with E-state index in [0.29, 0.717) is 24.0 Å². The van der Waals surface area contributed by atoms with Gasteiger partial charge in [-0.2, -0.15) is 0 Å². The van der Waals surface area contributed by atoms with Gasteiger partial charge in [0.1, 0.15) is 0 Å². The minimum Gasteiger partial charge on any atom is -0.493 e. The third kappa shape index (κ3) is 7.59. The fraction of sp³-hybridized carbons (Fsp3) is 0.385. The van der Waals surface area contributed by atoms with Crippen LogP contribution in [0.25, 0.3) is 0 Å². The van der Waals surface area contributed by atoms with Crippen LogP contribution in [0.3, 0.4) is 0 Å². The van der Waals surface area contributed by atoms with Crippen molar-refractivity contribution in [1.29, 1.82) is 0 Å². The zero-order chi connectivity index (χ0) is 23.1. The van der Waals surface area contributed by atoms with Crippen LogP contribution in [0.2, 0.25) is 0 Å². The van der Waals surface area contributed by atoms with E-state index in [1.807, 2.05) is 83.5 Å². The number of hydrogen-bond donors (Lipinski definition) is 0. The van der Waals surface area contributed by atoms with Crippen LogP contribution in [0.1, 0.15) is 57.2 Å². The summed E-state index contributed by atoms with van der Waals surface area (Å²) in [7, 11) is 3.29. The van der Waals surface area contributed by atoms with Crippen LogP contribution in [0.15, 0.2) is 61.1 Å². The molecule has 2 aromatic heterocycles. The highest BCUT2D eigenvalue weighted by atomic mass is 16.5. The quantitative estimate of drug-likeness (QED) is 0.423. The summed E-state index contributed by atoms with van der Waals surface area (Å²) < 4.78 is 16.3. The van der Waals surface area contributed by atoms with E-state index < -0.39 is 0 Å². The Balaban J connectivity index is 0.00000113. The number of pyridine rings is 2. The van der Waals surface area contributed by atoms with E-state index in [2.05, 4.69) is 22.1 Å². The minimum atomic E-state index is 0.121. The van der Waals surface area contributed by atoms with Gasteiger partial charge >= 0.3 is 0 Å². The molecule has 31 heavy (non-hydrogen) atoms. The molecule has 3 aromatic rings. The Labute approximate surface area is 187 Å². The molecule has 0 N–H and O–H groups in total. The van der Waals surface area contributed by atoms with Crippen molar-refractivity contribution in [2.75, 3.05) is 20.8 Å². The summed E-state index contributed by atoms with van der Waals surface area (Å²) in [6, 6.07) is 14.1. The van der Waals surface area contributed by atoms with Crippen LogP contribution in [0.5, 0.6) is 17.4 Å². The maximum atomic E-state index is 5.49. The molecule has 3 rings (SSSR count). The van der Waals surface area contributed by atoms with Gasteiger partial charge in [0.05, 0.1) is 20.8 Å². The zero-order valence-electron chi connectivity index (χ0n) is 19.9. The summed E-state index contributed by atoms with van der Waals surface area (Å²) in [4.78, 5) is 8.56. The Morgan fingerprint density at radius 1 is 0.806 bits per heavy atom. The molecule has 5 heteroatoms. The predicted molar refractivity (Wildman–Crippen MR) is 127 cm³/mol. The summed E-state index contributed by atoms with van der Waals surface area (Å²) in [6.45, 7) is 10.5. The smallest absolute Gasteiger partial charge is 0.213 e. The van der Waals surface area contributed by atoms with Crippen LogP contribution in [0.4, 0.5) is 0 Å². The largest absolute Gasteiger partial charge is 0.493 e. The van der Waals surface area contributed by atoms with Crippen molar-refractivity contribution < 1.29 is 14.2 Å². The van der Waals surface area contributed by atoms with E-state index in [4.69, 9.17) is 14.2 Å². The average molecular weight is 425 g/mol. The van der Waals surface area contributed by atoms with E-state index in [0.717, 1.165) is 17.5 Å². The molecular formula is C26H36N2O3. The first-order valence-corrected chi connectivity index (χ1v) is 10.9. The van der Waals surface area contributed by atoms with Crippen LogP contribution >= 0.6 is 0 Å². The summed E-state index contributed by atoms with van der Waals surface area (Å²) in [6.07, 6.45) is 6.34. The lowest BCUT2D eigenvalue weighted by Gasteiger charge is -2.20. The van der Waals surface area contributed by atoms with Crippen molar-refractivity contribution in [2.24, 2.45) is 0 Å². The van der Waals surface area contributed by atoms with Crippen molar-refractivity contribution in [2.45, 2.75) is 47.0 Å². The Morgan fingerprint density at radius 3 is 2.00 bits per heavy atom.